The van der Waals surface area contributed by atoms with Gasteiger partial charge in [-0.1, -0.05) is 48.5 Å². The fourth-order valence-electron chi connectivity index (χ4n) is 3.43. The molecule has 35 heavy (non-hydrogen) atoms. The molecule has 7 nitrogen and oxygen atoms in total. The van der Waals surface area contributed by atoms with E-state index in [0.29, 0.717) is 37.6 Å². The minimum absolute atomic E-state index is 0.113. The van der Waals surface area contributed by atoms with Gasteiger partial charge < -0.3 is 14.2 Å². The highest BCUT2D eigenvalue weighted by atomic mass is 32.2. The van der Waals surface area contributed by atoms with Gasteiger partial charge in [-0.3, -0.25) is 0 Å². The van der Waals surface area contributed by atoms with Crippen molar-refractivity contribution in [3.05, 3.63) is 84.4 Å². The van der Waals surface area contributed by atoms with Gasteiger partial charge >= 0.3 is 0 Å². The van der Waals surface area contributed by atoms with E-state index in [2.05, 4.69) is 6.07 Å². The molecular weight excluding hydrogens is 464 g/mol. The molecule has 0 N–H and O–H groups in total. The zero-order valence-corrected chi connectivity index (χ0v) is 20.6. The summed E-state index contributed by atoms with van der Waals surface area (Å²) in [6, 6.07) is 25.6. The average molecular weight is 495 g/mol. The van der Waals surface area contributed by atoms with E-state index >= 15 is 0 Å². The average Bonchev–Trinajstić information content (AvgIpc) is 2.89. The first kappa shape index (κ1) is 26.1. The maximum Gasteiger partial charge on any atom is 0.243 e. The third-order valence-electron chi connectivity index (χ3n) is 5.23. The summed E-state index contributed by atoms with van der Waals surface area (Å²) in [4.78, 5) is 0.113. The minimum Gasteiger partial charge on any atom is -0.493 e. The molecule has 3 aromatic carbocycles. The molecule has 3 aromatic rings. The van der Waals surface area contributed by atoms with Gasteiger partial charge in [-0.15, -0.1) is 0 Å². The summed E-state index contributed by atoms with van der Waals surface area (Å²) in [5.74, 6) is 1.59. The predicted octanol–water partition coefficient (Wildman–Crippen LogP) is 5.04. The van der Waals surface area contributed by atoms with Crippen LogP contribution in [0.25, 0.3) is 0 Å². The van der Waals surface area contributed by atoms with Crippen LogP contribution in [0.5, 0.6) is 17.2 Å². The molecule has 0 unspecified atom stereocenters. The summed E-state index contributed by atoms with van der Waals surface area (Å²) in [6.07, 6.45) is 1.34. The van der Waals surface area contributed by atoms with Crippen molar-refractivity contribution in [1.82, 2.24) is 4.31 Å². The highest BCUT2D eigenvalue weighted by Crippen LogP contribution is 2.31. The van der Waals surface area contributed by atoms with E-state index in [1.165, 1.54) is 23.5 Å². The fourth-order valence-corrected chi connectivity index (χ4v) is 4.92. The number of ether oxygens (including phenoxy) is 3. The van der Waals surface area contributed by atoms with Gasteiger partial charge in [0.2, 0.25) is 10.0 Å². The molecule has 0 aliphatic carbocycles. The molecule has 8 heteroatoms. The smallest absolute Gasteiger partial charge is 0.243 e. The molecule has 0 heterocycles. The van der Waals surface area contributed by atoms with Gasteiger partial charge in [0.15, 0.2) is 11.5 Å². The van der Waals surface area contributed by atoms with Crippen LogP contribution >= 0.6 is 0 Å². The van der Waals surface area contributed by atoms with Crippen LogP contribution < -0.4 is 14.2 Å². The lowest BCUT2D eigenvalue weighted by Crippen LogP contribution is -2.31. The minimum atomic E-state index is -3.83. The van der Waals surface area contributed by atoms with Gasteiger partial charge in [0.05, 0.1) is 31.3 Å². The first-order valence-corrected chi connectivity index (χ1v) is 12.9. The zero-order chi connectivity index (χ0) is 24.9. The van der Waals surface area contributed by atoms with Crippen molar-refractivity contribution in [3.8, 4) is 23.3 Å². The normalized spacial score (nSPS) is 11.1. The van der Waals surface area contributed by atoms with Gasteiger partial charge in [0.25, 0.3) is 0 Å². The number of para-hydroxylation sites is 1. The van der Waals surface area contributed by atoms with Crippen molar-refractivity contribution in [2.75, 3.05) is 26.9 Å². The molecule has 0 aliphatic rings. The number of nitriles is 1. The topological polar surface area (TPSA) is 88.9 Å². The number of benzene rings is 3. The number of rotatable bonds is 14. The van der Waals surface area contributed by atoms with Crippen molar-refractivity contribution >= 4 is 10.0 Å². The van der Waals surface area contributed by atoms with Crippen molar-refractivity contribution in [2.24, 2.45) is 0 Å². The molecule has 0 radical (unpaired) electrons. The number of hydrogen-bond donors (Lipinski definition) is 0. The number of unbranched alkanes of at least 4 members (excludes halogenated alkanes) is 1. The lowest BCUT2D eigenvalue weighted by atomic mass is 10.2. The maximum atomic E-state index is 13.5. The van der Waals surface area contributed by atoms with E-state index < -0.39 is 10.0 Å². The lowest BCUT2D eigenvalue weighted by molar-refractivity contribution is 0.240. The van der Waals surface area contributed by atoms with Crippen LogP contribution in [0.15, 0.2) is 83.8 Å². The molecule has 0 spiro atoms. The molecule has 0 bridgehead atoms. The predicted molar refractivity (Wildman–Crippen MR) is 134 cm³/mol. The fraction of sp³-hybridized carbons (Fsp3) is 0.296. The SMILES string of the molecule is COc1ccc(S(=O)(=O)N(CCCC#N)Cc2ccccc2)cc1OCCCOc1ccccc1. The molecular formula is C27H30N2O5S. The summed E-state index contributed by atoms with van der Waals surface area (Å²) in [5.41, 5.74) is 0.872. The highest BCUT2D eigenvalue weighted by molar-refractivity contribution is 7.89. The van der Waals surface area contributed by atoms with Gasteiger partial charge in [-0.2, -0.15) is 9.57 Å². The van der Waals surface area contributed by atoms with Gasteiger partial charge in [-0.25, -0.2) is 8.42 Å². The Hall–Kier alpha value is -3.54. The van der Waals surface area contributed by atoms with Crippen molar-refractivity contribution < 1.29 is 22.6 Å². The number of sulfonamides is 1. The third-order valence-corrected chi connectivity index (χ3v) is 7.07. The van der Waals surface area contributed by atoms with Crippen LogP contribution in [-0.4, -0.2) is 39.6 Å². The monoisotopic (exact) mass is 494 g/mol. The van der Waals surface area contributed by atoms with E-state index in [0.717, 1.165) is 11.3 Å². The number of nitrogens with zero attached hydrogens (tertiary/aromatic N) is 2. The Balaban J connectivity index is 1.71. The molecule has 3 rings (SSSR count). The zero-order valence-electron chi connectivity index (χ0n) is 19.8. The molecule has 0 saturated carbocycles. The Bertz CT molecular complexity index is 1200. The Morgan fingerprint density at radius 3 is 2.23 bits per heavy atom. The maximum absolute atomic E-state index is 13.5. The second-order valence-corrected chi connectivity index (χ2v) is 9.70. The van der Waals surface area contributed by atoms with Crippen molar-refractivity contribution in [3.63, 3.8) is 0 Å². The van der Waals surface area contributed by atoms with Crippen LogP contribution in [-0.2, 0) is 16.6 Å². The van der Waals surface area contributed by atoms with Crippen LogP contribution in [0, 0.1) is 11.3 Å². The molecule has 0 amide bonds. The van der Waals surface area contributed by atoms with E-state index in [4.69, 9.17) is 19.5 Å². The summed E-state index contributed by atoms with van der Waals surface area (Å²) in [6.45, 7) is 1.26. The molecule has 0 atom stereocenters. The number of hydrogen-bond acceptors (Lipinski definition) is 6. The lowest BCUT2D eigenvalue weighted by Gasteiger charge is -2.23. The van der Waals surface area contributed by atoms with E-state index in [-0.39, 0.29) is 24.4 Å². The third kappa shape index (κ3) is 7.74. The molecule has 0 fully saturated rings. The Kier molecular flexibility index (Phi) is 9.96. The molecule has 184 valence electrons. The first-order chi connectivity index (χ1) is 17.0. The van der Waals surface area contributed by atoms with Crippen molar-refractivity contribution in [2.45, 2.75) is 30.7 Å². The molecule has 0 aromatic heterocycles. The highest BCUT2D eigenvalue weighted by Gasteiger charge is 2.26. The van der Waals surface area contributed by atoms with E-state index in [1.807, 2.05) is 60.7 Å². The number of methoxy groups -OCH3 is 1. The second-order valence-electron chi connectivity index (χ2n) is 7.76. The summed E-state index contributed by atoms with van der Waals surface area (Å²) >= 11 is 0. The van der Waals surface area contributed by atoms with E-state index in [1.54, 1.807) is 6.07 Å². The summed E-state index contributed by atoms with van der Waals surface area (Å²) in [5, 5.41) is 8.91. The largest absolute Gasteiger partial charge is 0.493 e. The summed E-state index contributed by atoms with van der Waals surface area (Å²) < 4.78 is 45.4. The Morgan fingerprint density at radius 1 is 0.857 bits per heavy atom. The summed E-state index contributed by atoms with van der Waals surface area (Å²) in [7, 11) is -2.32. The Labute approximate surface area is 207 Å². The second kappa shape index (κ2) is 13.4. The first-order valence-electron chi connectivity index (χ1n) is 11.4. The molecule has 0 aliphatic heterocycles. The van der Waals surface area contributed by atoms with Crippen molar-refractivity contribution in [1.29, 1.82) is 5.26 Å². The standard InChI is InChI=1S/C27H30N2O5S/c1-32-26-16-15-25(21-27(26)34-20-10-19-33-24-13-6-3-7-14-24)35(30,31)29(18-9-8-17-28)22-23-11-4-2-5-12-23/h2-7,11-16,21H,8-10,18-20,22H2,1H3. The molecule has 0 saturated heterocycles. The van der Waals surface area contributed by atoms with Gasteiger partial charge in [0, 0.05) is 32.0 Å². The van der Waals surface area contributed by atoms with Crippen LogP contribution in [0.2, 0.25) is 0 Å². The van der Waals surface area contributed by atoms with Gasteiger partial charge in [0.1, 0.15) is 5.75 Å². The van der Waals surface area contributed by atoms with Crippen LogP contribution in [0.4, 0.5) is 0 Å². The quantitative estimate of drug-likeness (QED) is 0.292. The van der Waals surface area contributed by atoms with E-state index in [9.17, 15) is 8.42 Å². The Morgan fingerprint density at radius 2 is 1.54 bits per heavy atom. The van der Waals surface area contributed by atoms with Crippen LogP contribution in [0.3, 0.4) is 0 Å². The van der Waals surface area contributed by atoms with Crippen LogP contribution in [0.1, 0.15) is 24.8 Å². The van der Waals surface area contributed by atoms with Gasteiger partial charge in [-0.05, 0) is 36.2 Å².